The van der Waals surface area contributed by atoms with Gasteiger partial charge in [-0.1, -0.05) is 0 Å². The minimum absolute atomic E-state index is 0.0312. The molecule has 4 nitrogen and oxygen atoms in total. The summed E-state index contributed by atoms with van der Waals surface area (Å²) in [6.45, 7) is 1.25. The molecule has 2 heterocycles. The molecule has 1 amide bonds. The van der Waals surface area contributed by atoms with E-state index in [0.717, 1.165) is 25.7 Å². The third-order valence-electron chi connectivity index (χ3n) is 3.82. The number of nitrogens with zero attached hydrogens (tertiary/aromatic N) is 3. The number of hydrogen-bond acceptors (Lipinski definition) is 2. The number of carbonyl (C=O) groups excluding carboxylic acids is 1. The van der Waals surface area contributed by atoms with Crippen LogP contribution < -0.4 is 0 Å². The Kier molecular flexibility index (Phi) is 5.25. The molecule has 1 aromatic heterocycles. The van der Waals surface area contributed by atoms with Gasteiger partial charge in [0, 0.05) is 37.9 Å². The Morgan fingerprint density at radius 1 is 1.33 bits per heavy atom. The summed E-state index contributed by atoms with van der Waals surface area (Å²) in [5.74, 6) is -0.377. The van der Waals surface area contributed by atoms with Crippen LogP contribution in [0.3, 0.4) is 0 Å². The zero-order chi connectivity index (χ0) is 15.3. The van der Waals surface area contributed by atoms with Gasteiger partial charge in [0.1, 0.15) is 0 Å². The smallest absolute Gasteiger partial charge is 0.340 e. The van der Waals surface area contributed by atoms with Crippen LogP contribution in [0.4, 0.5) is 13.2 Å². The van der Waals surface area contributed by atoms with Gasteiger partial charge in [0.25, 0.3) is 0 Å². The predicted molar refractivity (Wildman–Crippen MR) is 71.5 cm³/mol. The van der Waals surface area contributed by atoms with E-state index in [1.165, 1.54) is 0 Å². The molecule has 0 unspecified atom stereocenters. The first-order valence-corrected chi connectivity index (χ1v) is 7.29. The van der Waals surface area contributed by atoms with Gasteiger partial charge in [-0.3, -0.25) is 9.48 Å². The molecule has 0 bridgehead atoms. The van der Waals surface area contributed by atoms with E-state index in [9.17, 15) is 18.0 Å². The Bertz CT molecular complexity index is 445. The van der Waals surface area contributed by atoms with Crippen molar-refractivity contribution in [2.24, 2.45) is 0 Å². The molecule has 2 rings (SSSR count). The average molecular weight is 303 g/mol. The van der Waals surface area contributed by atoms with Crippen LogP contribution in [0.15, 0.2) is 18.5 Å². The number of aromatic nitrogens is 2. The fraction of sp³-hybridized carbons (Fsp3) is 0.714. The Morgan fingerprint density at radius 2 is 2.14 bits per heavy atom. The monoisotopic (exact) mass is 303 g/mol. The van der Waals surface area contributed by atoms with Crippen molar-refractivity contribution >= 4 is 5.91 Å². The van der Waals surface area contributed by atoms with Crippen LogP contribution in [0.2, 0.25) is 0 Å². The number of alkyl halides is 3. The second kappa shape index (κ2) is 6.95. The van der Waals surface area contributed by atoms with Crippen molar-refractivity contribution in [1.29, 1.82) is 0 Å². The molecule has 0 N–H and O–H groups in total. The zero-order valence-corrected chi connectivity index (χ0v) is 11.9. The highest BCUT2D eigenvalue weighted by Crippen LogP contribution is 2.25. The van der Waals surface area contributed by atoms with Crippen LogP contribution in [-0.2, 0) is 11.3 Å². The standard InChI is InChI=1S/C14H20F3N3O/c15-14(16,17)7-5-13(21)20-10-2-1-4-12(20)6-11-19-9-3-8-18-19/h3,8-9,12H,1-2,4-7,10-11H2/t12-/m1/s1. The average Bonchev–Trinajstić information content (AvgIpc) is 2.95. The van der Waals surface area contributed by atoms with E-state index in [-0.39, 0.29) is 11.9 Å². The molecule has 1 fully saturated rings. The van der Waals surface area contributed by atoms with Crippen LogP contribution in [0.5, 0.6) is 0 Å². The van der Waals surface area contributed by atoms with Gasteiger partial charge in [-0.15, -0.1) is 0 Å². The normalized spacial score (nSPS) is 19.8. The molecule has 1 saturated heterocycles. The maximum absolute atomic E-state index is 12.2. The van der Waals surface area contributed by atoms with Crippen molar-refractivity contribution in [2.75, 3.05) is 6.54 Å². The fourth-order valence-corrected chi connectivity index (χ4v) is 2.74. The molecule has 0 spiro atoms. The van der Waals surface area contributed by atoms with E-state index in [0.29, 0.717) is 13.1 Å². The lowest BCUT2D eigenvalue weighted by Crippen LogP contribution is -2.44. The first-order valence-electron chi connectivity index (χ1n) is 7.29. The lowest BCUT2D eigenvalue weighted by molar-refractivity contribution is -0.151. The second-order valence-electron chi connectivity index (χ2n) is 5.41. The van der Waals surface area contributed by atoms with Gasteiger partial charge in [0.2, 0.25) is 5.91 Å². The Morgan fingerprint density at radius 3 is 2.81 bits per heavy atom. The van der Waals surface area contributed by atoms with Gasteiger partial charge in [0.05, 0.1) is 6.42 Å². The van der Waals surface area contributed by atoms with Crippen LogP contribution in [0.25, 0.3) is 0 Å². The first-order chi connectivity index (χ1) is 9.96. The van der Waals surface area contributed by atoms with Crippen molar-refractivity contribution in [2.45, 2.75) is 57.3 Å². The van der Waals surface area contributed by atoms with E-state index in [1.807, 2.05) is 12.3 Å². The largest absolute Gasteiger partial charge is 0.389 e. The molecule has 1 aliphatic rings. The van der Waals surface area contributed by atoms with E-state index >= 15 is 0 Å². The van der Waals surface area contributed by atoms with Crippen molar-refractivity contribution in [3.05, 3.63) is 18.5 Å². The highest BCUT2D eigenvalue weighted by Gasteiger charge is 2.31. The SMILES string of the molecule is O=C(CCC(F)(F)F)N1CCCC[C@@H]1CCn1cccn1. The number of likely N-dealkylation sites (tertiary alicyclic amines) is 1. The highest BCUT2D eigenvalue weighted by atomic mass is 19.4. The van der Waals surface area contributed by atoms with Gasteiger partial charge in [-0.2, -0.15) is 18.3 Å². The summed E-state index contributed by atoms with van der Waals surface area (Å²) >= 11 is 0. The molecule has 1 aliphatic heterocycles. The molecule has 0 saturated carbocycles. The number of rotatable bonds is 5. The van der Waals surface area contributed by atoms with Crippen molar-refractivity contribution in [3.8, 4) is 0 Å². The highest BCUT2D eigenvalue weighted by molar-refractivity contribution is 5.76. The lowest BCUT2D eigenvalue weighted by Gasteiger charge is -2.36. The topological polar surface area (TPSA) is 38.1 Å². The molecule has 1 aromatic rings. The van der Waals surface area contributed by atoms with Crippen LogP contribution in [-0.4, -0.2) is 39.4 Å². The van der Waals surface area contributed by atoms with E-state index in [4.69, 9.17) is 0 Å². The maximum atomic E-state index is 12.2. The zero-order valence-electron chi connectivity index (χ0n) is 11.9. The maximum Gasteiger partial charge on any atom is 0.389 e. The first kappa shape index (κ1) is 15.9. The van der Waals surface area contributed by atoms with E-state index in [1.54, 1.807) is 15.8 Å². The minimum Gasteiger partial charge on any atom is -0.340 e. The number of piperidine rings is 1. The molecule has 0 aromatic carbocycles. The van der Waals surface area contributed by atoms with Crippen LogP contribution in [0, 0.1) is 0 Å². The van der Waals surface area contributed by atoms with Gasteiger partial charge in [-0.25, -0.2) is 0 Å². The Balaban J connectivity index is 1.87. The molecule has 21 heavy (non-hydrogen) atoms. The summed E-state index contributed by atoms with van der Waals surface area (Å²) in [4.78, 5) is 13.7. The summed E-state index contributed by atoms with van der Waals surface area (Å²) < 4.78 is 38.5. The number of hydrogen-bond donors (Lipinski definition) is 0. The summed E-state index contributed by atoms with van der Waals surface area (Å²) in [7, 11) is 0. The lowest BCUT2D eigenvalue weighted by atomic mass is 9.98. The van der Waals surface area contributed by atoms with Crippen molar-refractivity contribution in [3.63, 3.8) is 0 Å². The quantitative estimate of drug-likeness (QED) is 0.838. The van der Waals surface area contributed by atoms with Crippen molar-refractivity contribution in [1.82, 2.24) is 14.7 Å². The molecule has 0 aliphatic carbocycles. The summed E-state index contributed by atoms with van der Waals surface area (Å²) in [5, 5.41) is 4.10. The number of amides is 1. The molecule has 0 radical (unpaired) electrons. The number of halogens is 3. The molecule has 7 heteroatoms. The Hall–Kier alpha value is -1.53. The third kappa shape index (κ3) is 5.06. The van der Waals surface area contributed by atoms with E-state index in [2.05, 4.69) is 5.10 Å². The summed E-state index contributed by atoms with van der Waals surface area (Å²) in [6.07, 6.45) is 1.28. The van der Waals surface area contributed by atoms with E-state index < -0.39 is 19.0 Å². The number of carbonyl (C=O) groups is 1. The Labute approximate surface area is 121 Å². The summed E-state index contributed by atoms with van der Waals surface area (Å²) in [6, 6.07) is 1.86. The molecular weight excluding hydrogens is 283 g/mol. The summed E-state index contributed by atoms with van der Waals surface area (Å²) in [5.41, 5.74) is 0. The molecule has 118 valence electrons. The van der Waals surface area contributed by atoms with Crippen LogP contribution in [0.1, 0.15) is 38.5 Å². The predicted octanol–water partition coefficient (Wildman–Crippen LogP) is 3.00. The van der Waals surface area contributed by atoms with Gasteiger partial charge < -0.3 is 4.90 Å². The molecule has 1 atom stereocenters. The van der Waals surface area contributed by atoms with Crippen LogP contribution >= 0.6 is 0 Å². The second-order valence-corrected chi connectivity index (χ2v) is 5.41. The minimum atomic E-state index is -4.27. The van der Waals surface area contributed by atoms with Gasteiger partial charge >= 0.3 is 6.18 Å². The fourth-order valence-electron chi connectivity index (χ4n) is 2.74. The van der Waals surface area contributed by atoms with Gasteiger partial charge in [0.15, 0.2) is 0 Å². The van der Waals surface area contributed by atoms with Crippen molar-refractivity contribution < 1.29 is 18.0 Å². The third-order valence-corrected chi connectivity index (χ3v) is 3.82. The number of aryl methyl sites for hydroxylation is 1. The molecular formula is C14H20F3N3O. The van der Waals surface area contributed by atoms with Gasteiger partial charge in [-0.05, 0) is 31.7 Å².